The Balaban J connectivity index is 1.47. The maximum Gasteiger partial charge on any atom is 0.308 e. The third kappa shape index (κ3) is 4.87. The first-order chi connectivity index (χ1) is 16.9. The van der Waals surface area contributed by atoms with Crippen molar-refractivity contribution in [3.63, 3.8) is 0 Å². The molecule has 2 aromatic rings. The van der Waals surface area contributed by atoms with Gasteiger partial charge in [-0.25, -0.2) is 0 Å². The van der Waals surface area contributed by atoms with E-state index in [0.29, 0.717) is 11.3 Å². The summed E-state index contributed by atoms with van der Waals surface area (Å²) >= 11 is 0. The van der Waals surface area contributed by atoms with Crippen molar-refractivity contribution < 1.29 is 19.1 Å². The number of esters is 1. The van der Waals surface area contributed by atoms with E-state index in [1.807, 2.05) is 55.6 Å². The molecule has 6 heteroatoms. The van der Waals surface area contributed by atoms with Gasteiger partial charge in [0.1, 0.15) is 5.75 Å². The van der Waals surface area contributed by atoms with E-state index >= 15 is 0 Å². The summed E-state index contributed by atoms with van der Waals surface area (Å²) < 4.78 is 11.9. The summed E-state index contributed by atoms with van der Waals surface area (Å²) in [6.07, 6.45) is 6.13. The fraction of sp³-hybridized carbons (Fsp3) is 0.517. The minimum absolute atomic E-state index is 0.0319. The fourth-order valence-electron chi connectivity index (χ4n) is 6.42. The van der Waals surface area contributed by atoms with Gasteiger partial charge in [0.05, 0.1) is 5.60 Å². The number of hydrogen-bond donors (Lipinski definition) is 1. The molecule has 3 atom stereocenters. The van der Waals surface area contributed by atoms with Gasteiger partial charge in [-0.1, -0.05) is 30.3 Å². The topological polar surface area (TPSA) is 67.9 Å². The Morgan fingerprint density at radius 1 is 1.06 bits per heavy atom. The SMILES string of the molecule is CO[C@]12CC[C@@H](NC(=O)c3ccccc3)C[C@]1(c1cccc(OC(C)=O)c1)CCN(CC1CC1)C2. The summed E-state index contributed by atoms with van der Waals surface area (Å²) in [5.41, 5.74) is 1.16. The number of hydrogen-bond acceptors (Lipinski definition) is 5. The second kappa shape index (κ2) is 9.75. The van der Waals surface area contributed by atoms with E-state index in [1.54, 1.807) is 0 Å². The zero-order valence-electron chi connectivity index (χ0n) is 20.8. The lowest BCUT2D eigenvalue weighted by molar-refractivity contribution is -0.148. The van der Waals surface area contributed by atoms with E-state index in [4.69, 9.17) is 9.47 Å². The molecule has 0 aromatic heterocycles. The van der Waals surface area contributed by atoms with Crippen LogP contribution in [0.15, 0.2) is 54.6 Å². The van der Waals surface area contributed by atoms with Crippen LogP contribution in [0.25, 0.3) is 0 Å². The van der Waals surface area contributed by atoms with Crippen molar-refractivity contribution in [3.8, 4) is 5.75 Å². The van der Waals surface area contributed by atoms with E-state index < -0.39 is 0 Å². The monoisotopic (exact) mass is 476 g/mol. The van der Waals surface area contributed by atoms with Gasteiger partial charge >= 0.3 is 5.97 Å². The fourth-order valence-corrected chi connectivity index (χ4v) is 6.42. The number of likely N-dealkylation sites (tertiary alicyclic amines) is 1. The highest BCUT2D eigenvalue weighted by molar-refractivity contribution is 5.94. The molecule has 1 N–H and O–H groups in total. The Labute approximate surface area is 208 Å². The molecule has 0 bridgehead atoms. The molecule has 5 rings (SSSR count). The zero-order chi connectivity index (χ0) is 24.5. The Hall–Kier alpha value is -2.70. The standard InChI is InChI=1S/C29H36N2O4/c1-21(32)35-26-10-6-9-24(17-26)28-15-16-31(19-22-11-12-22)20-29(28,34-2)14-13-25(18-28)30-27(33)23-7-4-3-5-8-23/h3-10,17,22,25H,11-16,18-20H2,1-2H3,(H,30,33)/t25-,28+,29+/m1/s1. The van der Waals surface area contributed by atoms with Crippen LogP contribution in [0.1, 0.15) is 61.4 Å². The smallest absolute Gasteiger partial charge is 0.308 e. The molecule has 6 nitrogen and oxygen atoms in total. The van der Waals surface area contributed by atoms with E-state index in [-0.39, 0.29) is 28.9 Å². The van der Waals surface area contributed by atoms with Crippen LogP contribution >= 0.6 is 0 Å². The zero-order valence-corrected chi connectivity index (χ0v) is 20.8. The van der Waals surface area contributed by atoms with Crippen molar-refractivity contribution in [2.75, 3.05) is 26.7 Å². The van der Waals surface area contributed by atoms with Gasteiger partial charge in [0.2, 0.25) is 0 Å². The summed E-state index contributed by atoms with van der Waals surface area (Å²) in [5.74, 6) is 1.03. The van der Waals surface area contributed by atoms with E-state index in [1.165, 1.54) is 19.8 Å². The number of amides is 1. The molecule has 2 saturated carbocycles. The minimum atomic E-state index is -0.358. The number of carbonyl (C=O) groups is 2. The first kappa shape index (κ1) is 24.0. The average molecular weight is 477 g/mol. The van der Waals surface area contributed by atoms with Gasteiger partial charge in [-0.15, -0.1) is 0 Å². The quantitative estimate of drug-likeness (QED) is 0.476. The third-order valence-electron chi connectivity index (χ3n) is 8.32. The van der Waals surface area contributed by atoms with Crippen LogP contribution in [0.4, 0.5) is 0 Å². The van der Waals surface area contributed by atoms with Gasteiger partial charge in [-0.2, -0.15) is 0 Å². The highest BCUT2D eigenvalue weighted by Gasteiger charge is 2.59. The maximum absolute atomic E-state index is 13.0. The third-order valence-corrected chi connectivity index (χ3v) is 8.32. The maximum atomic E-state index is 13.0. The highest BCUT2D eigenvalue weighted by Crippen LogP contribution is 2.54. The van der Waals surface area contributed by atoms with Crippen LogP contribution < -0.4 is 10.1 Å². The Morgan fingerprint density at radius 3 is 2.57 bits per heavy atom. The first-order valence-corrected chi connectivity index (χ1v) is 12.9. The number of rotatable bonds is 7. The Bertz CT molecular complexity index is 1070. The Morgan fingerprint density at radius 2 is 1.86 bits per heavy atom. The van der Waals surface area contributed by atoms with Crippen LogP contribution in [0.2, 0.25) is 0 Å². The van der Waals surface area contributed by atoms with Crippen molar-refractivity contribution >= 4 is 11.9 Å². The predicted octanol–water partition coefficient (Wildman–Crippen LogP) is 4.33. The molecular weight excluding hydrogens is 440 g/mol. The van der Waals surface area contributed by atoms with Crippen LogP contribution in [0.3, 0.4) is 0 Å². The number of ether oxygens (including phenoxy) is 2. The van der Waals surface area contributed by atoms with Crippen LogP contribution in [-0.4, -0.2) is 55.2 Å². The van der Waals surface area contributed by atoms with Gasteiger partial charge in [-0.3, -0.25) is 9.59 Å². The van der Waals surface area contributed by atoms with Crippen molar-refractivity contribution in [2.24, 2.45) is 5.92 Å². The lowest BCUT2D eigenvalue weighted by Crippen LogP contribution is -2.68. The van der Waals surface area contributed by atoms with Gasteiger partial charge in [0, 0.05) is 44.1 Å². The molecule has 35 heavy (non-hydrogen) atoms. The molecule has 0 unspecified atom stereocenters. The molecule has 186 valence electrons. The summed E-state index contributed by atoms with van der Waals surface area (Å²) in [6, 6.07) is 17.4. The number of benzene rings is 2. The number of fused-ring (bicyclic) bond motifs is 1. The lowest BCUT2D eigenvalue weighted by atomic mass is 9.55. The summed E-state index contributed by atoms with van der Waals surface area (Å²) in [5, 5.41) is 3.31. The second-order valence-electron chi connectivity index (χ2n) is 10.6. The first-order valence-electron chi connectivity index (χ1n) is 12.9. The number of nitrogens with zero attached hydrogens (tertiary/aromatic N) is 1. The lowest BCUT2D eigenvalue weighted by Gasteiger charge is -2.60. The largest absolute Gasteiger partial charge is 0.427 e. The summed E-state index contributed by atoms with van der Waals surface area (Å²) in [6.45, 7) is 4.45. The van der Waals surface area contributed by atoms with E-state index in [0.717, 1.165) is 56.8 Å². The molecule has 2 aliphatic carbocycles. The molecule has 3 fully saturated rings. The van der Waals surface area contributed by atoms with Gasteiger partial charge in [0.15, 0.2) is 0 Å². The van der Waals surface area contributed by atoms with Crippen LogP contribution in [0.5, 0.6) is 5.75 Å². The van der Waals surface area contributed by atoms with Crippen molar-refractivity contribution in [2.45, 2.75) is 62.5 Å². The van der Waals surface area contributed by atoms with Crippen molar-refractivity contribution in [3.05, 3.63) is 65.7 Å². The number of nitrogens with one attached hydrogen (secondary N) is 1. The summed E-state index contributed by atoms with van der Waals surface area (Å²) in [7, 11) is 1.84. The molecule has 0 radical (unpaired) electrons. The second-order valence-corrected chi connectivity index (χ2v) is 10.6. The molecule has 1 saturated heterocycles. The van der Waals surface area contributed by atoms with E-state index in [2.05, 4.69) is 16.3 Å². The normalized spacial score (nSPS) is 28.7. The predicted molar refractivity (Wildman–Crippen MR) is 134 cm³/mol. The number of piperidine rings is 1. The van der Waals surface area contributed by atoms with Gasteiger partial charge in [-0.05, 0) is 80.8 Å². The molecule has 0 spiro atoms. The molecule has 3 aliphatic rings. The molecule has 1 amide bonds. The minimum Gasteiger partial charge on any atom is -0.427 e. The molecule has 1 aliphatic heterocycles. The average Bonchev–Trinajstić information content (AvgIpc) is 3.68. The number of carbonyl (C=O) groups excluding carboxylic acids is 2. The van der Waals surface area contributed by atoms with Gasteiger partial charge < -0.3 is 19.7 Å². The van der Waals surface area contributed by atoms with Gasteiger partial charge in [0.25, 0.3) is 5.91 Å². The molecule has 1 heterocycles. The number of methoxy groups -OCH3 is 1. The van der Waals surface area contributed by atoms with Crippen molar-refractivity contribution in [1.29, 1.82) is 0 Å². The highest BCUT2D eigenvalue weighted by atomic mass is 16.5. The van der Waals surface area contributed by atoms with E-state index in [9.17, 15) is 9.59 Å². The molecule has 2 aromatic carbocycles. The van der Waals surface area contributed by atoms with Crippen LogP contribution in [0, 0.1) is 5.92 Å². The van der Waals surface area contributed by atoms with Crippen molar-refractivity contribution in [1.82, 2.24) is 10.2 Å². The van der Waals surface area contributed by atoms with Crippen LogP contribution in [-0.2, 0) is 14.9 Å². The molecular formula is C29H36N2O4. The Kier molecular flexibility index (Phi) is 6.69. The summed E-state index contributed by atoms with van der Waals surface area (Å²) in [4.78, 5) is 27.3.